The number of ketones is 1. The Morgan fingerprint density at radius 1 is 1.27 bits per heavy atom. The van der Waals surface area contributed by atoms with Crippen molar-refractivity contribution in [1.82, 2.24) is 10.4 Å². The molecule has 0 spiro atoms. The number of hydrazine groups is 1. The predicted molar refractivity (Wildman–Crippen MR) is 80.9 cm³/mol. The number of allylic oxidation sites excluding steroid dienone is 1. The molecule has 0 fully saturated rings. The van der Waals surface area contributed by atoms with Crippen molar-refractivity contribution in [3.05, 3.63) is 65.6 Å². The van der Waals surface area contributed by atoms with Crippen molar-refractivity contribution in [2.24, 2.45) is 0 Å². The van der Waals surface area contributed by atoms with Crippen LogP contribution in [0.15, 0.2) is 58.7 Å². The van der Waals surface area contributed by atoms with Gasteiger partial charge in [-0.2, -0.15) is 5.26 Å². The number of furan rings is 1. The lowest BCUT2D eigenvalue weighted by Crippen LogP contribution is -2.35. The number of carbonyl (C=O) groups excluding carboxylic acids is 1. The zero-order valence-electron chi connectivity index (χ0n) is 12.1. The average molecular weight is 293 g/mol. The van der Waals surface area contributed by atoms with Crippen molar-refractivity contribution < 1.29 is 9.21 Å². The van der Waals surface area contributed by atoms with Crippen molar-refractivity contribution in [2.45, 2.75) is 12.5 Å². The molecule has 1 unspecified atom stereocenters. The fraction of sp³-hybridized carbons (Fsp3) is 0.176. The lowest BCUT2D eigenvalue weighted by Gasteiger charge is -2.26. The monoisotopic (exact) mass is 293 g/mol. The Morgan fingerprint density at radius 2 is 2.05 bits per heavy atom. The van der Waals surface area contributed by atoms with Crippen LogP contribution in [0, 0.1) is 11.3 Å². The van der Waals surface area contributed by atoms with Gasteiger partial charge < -0.3 is 9.84 Å². The second kappa shape index (κ2) is 5.88. The molecule has 2 aromatic rings. The molecule has 1 aliphatic rings. The first-order chi connectivity index (χ1) is 10.7. The van der Waals surface area contributed by atoms with Gasteiger partial charge >= 0.3 is 0 Å². The molecule has 1 aromatic carbocycles. The second-order valence-electron chi connectivity index (χ2n) is 5.11. The quantitative estimate of drug-likeness (QED) is 0.922. The Kier molecular flexibility index (Phi) is 3.77. The van der Waals surface area contributed by atoms with Gasteiger partial charge in [0.2, 0.25) is 0 Å². The number of nitriles is 1. The second-order valence-corrected chi connectivity index (χ2v) is 5.11. The van der Waals surface area contributed by atoms with Gasteiger partial charge in [0.25, 0.3) is 0 Å². The van der Waals surface area contributed by atoms with Crippen molar-refractivity contribution in [3.63, 3.8) is 0 Å². The van der Waals surface area contributed by atoms with Crippen molar-refractivity contribution in [1.29, 1.82) is 5.26 Å². The largest absolute Gasteiger partial charge is 0.468 e. The van der Waals surface area contributed by atoms with E-state index in [4.69, 9.17) is 4.42 Å². The van der Waals surface area contributed by atoms with Crippen LogP contribution in [0.2, 0.25) is 0 Å². The van der Waals surface area contributed by atoms with E-state index in [-0.39, 0.29) is 23.8 Å². The highest BCUT2D eigenvalue weighted by molar-refractivity contribution is 6.06. The van der Waals surface area contributed by atoms with Crippen LogP contribution in [-0.4, -0.2) is 17.8 Å². The summed E-state index contributed by atoms with van der Waals surface area (Å²) in [4.78, 5) is 12.5. The van der Waals surface area contributed by atoms with E-state index >= 15 is 0 Å². The number of nitrogens with one attached hydrogen (secondary N) is 1. The van der Waals surface area contributed by atoms with Crippen LogP contribution in [0.25, 0.3) is 5.70 Å². The molecule has 1 atom stereocenters. The fourth-order valence-electron chi connectivity index (χ4n) is 2.57. The van der Waals surface area contributed by atoms with Gasteiger partial charge in [0.15, 0.2) is 5.78 Å². The zero-order chi connectivity index (χ0) is 15.5. The molecule has 0 radical (unpaired) electrons. The minimum atomic E-state index is -0.257. The summed E-state index contributed by atoms with van der Waals surface area (Å²) >= 11 is 0. The van der Waals surface area contributed by atoms with Gasteiger partial charge in [-0.1, -0.05) is 30.3 Å². The van der Waals surface area contributed by atoms with Crippen LogP contribution in [0.1, 0.15) is 23.8 Å². The summed E-state index contributed by atoms with van der Waals surface area (Å²) in [5.74, 6) is 0.495. The number of rotatable bonds is 2. The molecule has 1 aliphatic heterocycles. The van der Waals surface area contributed by atoms with E-state index in [2.05, 4.69) is 5.43 Å². The van der Waals surface area contributed by atoms with Crippen LogP contribution >= 0.6 is 0 Å². The van der Waals surface area contributed by atoms with Gasteiger partial charge in [0, 0.05) is 19.0 Å². The summed E-state index contributed by atoms with van der Waals surface area (Å²) in [7, 11) is 1.84. The Morgan fingerprint density at radius 3 is 2.68 bits per heavy atom. The third-order valence-electron chi connectivity index (χ3n) is 3.71. The van der Waals surface area contributed by atoms with Gasteiger partial charge in [-0.15, -0.1) is 0 Å². The smallest absolute Gasteiger partial charge is 0.177 e. The van der Waals surface area contributed by atoms with Crippen molar-refractivity contribution in [2.75, 3.05) is 7.05 Å². The van der Waals surface area contributed by atoms with Crippen LogP contribution in [-0.2, 0) is 4.79 Å². The lowest BCUT2D eigenvalue weighted by molar-refractivity contribution is -0.116. The molecule has 2 heterocycles. The molecule has 0 saturated carbocycles. The van der Waals surface area contributed by atoms with E-state index in [9.17, 15) is 10.1 Å². The first-order valence-corrected chi connectivity index (χ1v) is 6.96. The Bertz CT molecular complexity index is 742. The molecule has 5 nitrogen and oxygen atoms in total. The highest BCUT2D eigenvalue weighted by Crippen LogP contribution is 2.30. The molecule has 0 saturated heterocycles. The lowest BCUT2D eigenvalue weighted by atomic mass is 10.00. The first kappa shape index (κ1) is 14.1. The fourth-order valence-corrected chi connectivity index (χ4v) is 2.57. The minimum absolute atomic E-state index is 0.145. The Hall–Kier alpha value is -2.84. The molecule has 1 N–H and O–H groups in total. The number of carbonyl (C=O) groups is 1. The highest BCUT2D eigenvalue weighted by Gasteiger charge is 2.31. The van der Waals surface area contributed by atoms with E-state index in [1.165, 1.54) is 0 Å². The van der Waals surface area contributed by atoms with Gasteiger partial charge in [0.05, 0.1) is 18.0 Å². The average Bonchev–Trinajstić information content (AvgIpc) is 3.03. The Labute approximate surface area is 128 Å². The van der Waals surface area contributed by atoms with Gasteiger partial charge in [0.1, 0.15) is 17.4 Å². The maximum Gasteiger partial charge on any atom is 0.177 e. The summed E-state index contributed by atoms with van der Waals surface area (Å²) in [5, 5.41) is 11.2. The predicted octanol–water partition coefficient (Wildman–Crippen LogP) is 2.66. The molecular formula is C17H15N3O2. The van der Waals surface area contributed by atoms with E-state index in [0.29, 0.717) is 11.5 Å². The number of hydrogen-bond acceptors (Lipinski definition) is 5. The molecule has 0 aliphatic carbocycles. The molecule has 3 rings (SSSR count). The first-order valence-electron chi connectivity index (χ1n) is 6.96. The third-order valence-corrected chi connectivity index (χ3v) is 3.71. The molecular weight excluding hydrogens is 278 g/mol. The number of Topliss-reactive ketones (excluding diaryl/α,β-unsaturated/α-hetero) is 1. The van der Waals surface area contributed by atoms with Crippen LogP contribution in [0.5, 0.6) is 0 Å². The molecule has 0 amide bonds. The van der Waals surface area contributed by atoms with Crippen LogP contribution < -0.4 is 5.43 Å². The van der Waals surface area contributed by atoms with E-state index in [1.54, 1.807) is 12.3 Å². The number of hydrogen-bond donors (Lipinski definition) is 1. The zero-order valence-corrected chi connectivity index (χ0v) is 12.1. The van der Waals surface area contributed by atoms with Crippen molar-refractivity contribution >= 4 is 11.5 Å². The third kappa shape index (κ3) is 2.52. The van der Waals surface area contributed by atoms with Gasteiger partial charge in [-0.05, 0) is 12.1 Å². The SMILES string of the molecule is CN1NC(c2ccccc2)=C(C#N)C(=O)CC1c1ccco1. The topological polar surface area (TPSA) is 69.3 Å². The van der Waals surface area contributed by atoms with Gasteiger partial charge in [-0.3, -0.25) is 4.79 Å². The molecule has 1 aromatic heterocycles. The number of nitrogens with zero attached hydrogens (tertiary/aromatic N) is 2. The number of benzene rings is 1. The van der Waals surface area contributed by atoms with Crippen LogP contribution in [0.3, 0.4) is 0 Å². The van der Waals surface area contributed by atoms with E-state index < -0.39 is 0 Å². The molecule has 0 bridgehead atoms. The van der Waals surface area contributed by atoms with E-state index in [0.717, 1.165) is 5.56 Å². The normalized spacial score (nSPS) is 19.5. The van der Waals surface area contributed by atoms with E-state index in [1.807, 2.05) is 54.5 Å². The van der Waals surface area contributed by atoms with Crippen LogP contribution in [0.4, 0.5) is 0 Å². The molecule has 110 valence electrons. The van der Waals surface area contributed by atoms with Crippen molar-refractivity contribution in [3.8, 4) is 6.07 Å². The minimum Gasteiger partial charge on any atom is -0.468 e. The maximum atomic E-state index is 12.5. The summed E-state index contributed by atoms with van der Waals surface area (Å²) in [6.45, 7) is 0. The molecule has 5 heteroatoms. The maximum absolute atomic E-state index is 12.5. The standard InChI is InChI=1S/C17H15N3O2/c1-20-14(16-8-5-9-22-16)10-15(21)13(11-18)17(19-20)12-6-3-2-4-7-12/h2-9,14,19H,10H2,1H3. The Balaban J connectivity index is 2.03. The summed E-state index contributed by atoms with van der Waals surface area (Å²) < 4.78 is 5.42. The highest BCUT2D eigenvalue weighted by atomic mass is 16.3. The summed E-state index contributed by atoms with van der Waals surface area (Å²) in [6, 6.07) is 14.8. The summed E-state index contributed by atoms with van der Waals surface area (Å²) in [5.41, 5.74) is 4.66. The van der Waals surface area contributed by atoms with Gasteiger partial charge in [-0.25, -0.2) is 5.01 Å². The molecule has 22 heavy (non-hydrogen) atoms. The summed E-state index contributed by atoms with van der Waals surface area (Å²) in [6.07, 6.45) is 1.77.